The number of hydrogen-bond donors (Lipinski definition) is 2. The molecule has 0 saturated carbocycles. The minimum absolute atomic E-state index is 0.156. The number of hydrogen-bond acceptors (Lipinski definition) is 6. The second kappa shape index (κ2) is 6.10. The number of aromatic nitrogens is 5. The van der Waals surface area contributed by atoms with E-state index in [4.69, 9.17) is 0 Å². The Morgan fingerprint density at radius 2 is 2.39 bits per heavy atom. The zero-order valence-corrected chi connectivity index (χ0v) is 10.6. The number of carbonyl (C=O) groups excluding carboxylic acids is 1. The Kier molecular flexibility index (Phi) is 4.24. The van der Waals surface area contributed by atoms with Crippen LogP contribution in [0.3, 0.4) is 0 Å². The summed E-state index contributed by atoms with van der Waals surface area (Å²) in [6, 6.07) is 1.62. The number of nitrogens with one attached hydrogen (secondary N) is 2. The standard InChI is InChI=1S/C10H12N6OS/c1-7-14-10(16-15-7)18-5-4-11-9(17)8-2-3-12-13-6-8/h2-3,6H,4-5H2,1H3,(H,11,17)(H,14,15,16). The van der Waals surface area contributed by atoms with Gasteiger partial charge in [0.25, 0.3) is 5.91 Å². The lowest BCUT2D eigenvalue weighted by atomic mass is 10.3. The molecule has 0 aliphatic rings. The Morgan fingerprint density at radius 1 is 1.50 bits per heavy atom. The van der Waals surface area contributed by atoms with Gasteiger partial charge in [-0.1, -0.05) is 11.8 Å². The van der Waals surface area contributed by atoms with Crippen molar-refractivity contribution in [2.24, 2.45) is 0 Å². The van der Waals surface area contributed by atoms with Crippen molar-refractivity contribution in [3.63, 3.8) is 0 Å². The molecule has 0 fully saturated rings. The van der Waals surface area contributed by atoms with Crippen molar-refractivity contribution < 1.29 is 4.79 Å². The molecule has 2 aromatic rings. The van der Waals surface area contributed by atoms with Crippen LogP contribution in [0.1, 0.15) is 16.2 Å². The van der Waals surface area contributed by atoms with E-state index in [1.807, 2.05) is 6.92 Å². The second-order valence-electron chi connectivity index (χ2n) is 3.44. The molecule has 7 nitrogen and oxygen atoms in total. The Bertz CT molecular complexity index is 514. The van der Waals surface area contributed by atoms with Crippen LogP contribution in [0.2, 0.25) is 0 Å². The van der Waals surface area contributed by atoms with E-state index in [-0.39, 0.29) is 5.91 Å². The van der Waals surface area contributed by atoms with E-state index in [0.717, 1.165) is 5.82 Å². The van der Waals surface area contributed by atoms with E-state index in [9.17, 15) is 4.79 Å². The number of aromatic amines is 1. The summed E-state index contributed by atoms with van der Waals surface area (Å²) in [5.74, 6) is 1.34. The minimum Gasteiger partial charge on any atom is -0.351 e. The van der Waals surface area contributed by atoms with Gasteiger partial charge >= 0.3 is 0 Å². The summed E-state index contributed by atoms with van der Waals surface area (Å²) in [7, 11) is 0. The fourth-order valence-electron chi connectivity index (χ4n) is 1.22. The van der Waals surface area contributed by atoms with Gasteiger partial charge in [0, 0.05) is 12.3 Å². The molecule has 0 aromatic carbocycles. The lowest BCUT2D eigenvalue weighted by Crippen LogP contribution is -2.25. The molecule has 0 bridgehead atoms. The molecule has 0 atom stereocenters. The first-order valence-electron chi connectivity index (χ1n) is 5.32. The molecule has 0 unspecified atom stereocenters. The Balaban J connectivity index is 1.71. The largest absolute Gasteiger partial charge is 0.351 e. The van der Waals surface area contributed by atoms with Gasteiger partial charge in [0.05, 0.1) is 18.0 Å². The van der Waals surface area contributed by atoms with Crippen LogP contribution < -0.4 is 5.32 Å². The number of thioether (sulfide) groups is 1. The molecule has 2 heterocycles. The summed E-state index contributed by atoms with van der Waals surface area (Å²) in [6.07, 6.45) is 2.92. The molecule has 0 spiro atoms. The number of carbonyl (C=O) groups is 1. The van der Waals surface area contributed by atoms with Gasteiger partial charge < -0.3 is 5.32 Å². The third-order valence-corrected chi connectivity index (χ3v) is 2.89. The fourth-order valence-corrected chi connectivity index (χ4v) is 1.92. The number of H-pyrrole nitrogens is 1. The maximum absolute atomic E-state index is 11.6. The topological polar surface area (TPSA) is 96.5 Å². The Morgan fingerprint density at radius 3 is 3.06 bits per heavy atom. The van der Waals surface area contributed by atoms with E-state index in [1.165, 1.54) is 24.2 Å². The number of amides is 1. The molecule has 1 amide bonds. The molecule has 0 aliphatic heterocycles. The highest BCUT2D eigenvalue weighted by atomic mass is 32.2. The summed E-state index contributed by atoms with van der Waals surface area (Å²) in [4.78, 5) is 15.8. The molecule has 18 heavy (non-hydrogen) atoms. The first-order chi connectivity index (χ1) is 8.75. The summed E-state index contributed by atoms with van der Waals surface area (Å²) in [5, 5.41) is 17.5. The molecule has 0 radical (unpaired) electrons. The maximum Gasteiger partial charge on any atom is 0.252 e. The lowest BCUT2D eigenvalue weighted by Gasteiger charge is -2.02. The summed E-state index contributed by atoms with van der Waals surface area (Å²) in [6.45, 7) is 2.38. The normalized spacial score (nSPS) is 10.3. The zero-order valence-electron chi connectivity index (χ0n) is 9.75. The average Bonchev–Trinajstić information content (AvgIpc) is 2.81. The average molecular weight is 264 g/mol. The smallest absolute Gasteiger partial charge is 0.252 e. The zero-order chi connectivity index (χ0) is 12.8. The monoisotopic (exact) mass is 264 g/mol. The van der Waals surface area contributed by atoms with Crippen molar-refractivity contribution in [2.45, 2.75) is 12.1 Å². The molecule has 0 aliphatic carbocycles. The van der Waals surface area contributed by atoms with E-state index in [2.05, 4.69) is 30.7 Å². The van der Waals surface area contributed by atoms with Gasteiger partial charge in [0.15, 0.2) is 0 Å². The minimum atomic E-state index is -0.156. The van der Waals surface area contributed by atoms with Gasteiger partial charge in [-0.2, -0.15) is 10.2 Å². The van der Waals surface area contributed by atoms with Crippen molar-refractivity contribution >= 4 is 17.7 Å². The first kappa shape index (κ1) is 12.5. The van der Waals surface area contributed by atoms with Crippen LogP contribution in [0.5, 0.6) is 0 Å². The fraction of sp³-hybridized carbons (Fsp3) is 0.300. The summed E-state index contributed by atoms with van der Waals surface area (Å²) >= 11 is 1.48. The van der Waals surface area contributed by atoms with E-state index >= 15 is 0 Å². The summed E-state index contributed by atoms with van der Waals surface area (Å²) in [5.41, 5.74) is 0.503. The van der Waals surface area contributed by atoms with Gasteiger partial charge in [0.2, 0.25) is 5.16 Å². The van der Waals surface area contributed by atoms with Crippen molar-refractivity contribution in [3.8, 4) is 0 Å². The third-order valence-electron chi connectivity index (χ3n) is 2.04. The molecular formula is C10H12N6OS. The van der Waals surface area contributed by atoms with Crippen molar-refractivity contribution in [3.05, 3.63) is 29.8 Å². The molecule has 8 heteroatoms. The molecule has 2 rings (SSSR count). The predicted molar refractivity (Wildman–Crippen MR) is 66.2 cm³/mol. The van der Waals surface area contributed by atoms with E-state index in [1.54, 1.807) is 6.07 Å². The van der Waals surface area contributed by atoms with Crippen LogP contribution in [-0.4, -0.2) is 43.6 Å². The van der Waals surface area contributed by atoms with Crippen LogP contribution in [-0.2, 0) is 0 Å². The van der Waals surface area contributed by atoms with Crippen LogP contribution >= 0.6 is 11.8 Å². The molecular weight excluding hydrogens is 252 g/mol. The molecule has 94 valence electrons. The lowest BCUT2D eigenvalue weighted by molar-refractivity contribution is 0.0955. The van der Waals surface area contributed by atoms with Crippen LogP contribution in [0.4, 0.5) is 0 Å². The Labute approximate surface area is 108 Å². The number of nitrogens with zero attached hydrogens (tertiary/aromatic N) is 4. The van der Waals surface area contributed by atoms with Crippen LogP contribution in [0.15, 0.2) is 23.6 Å². The summed E-state index contributed by atoms with van der Waals surface area (Å²) < 4.78 is 0. The SMILES string of the molecule is Cc1nc(SCCNC(=O)c2ccnnc2)n[nH]1. The van der Waals surface area contributed by atoms with Gasteiger partial charge in [-0.15, -0.1) is 5.10 Å². The van der Waals surface area contributed by atoms with Gasteiger partial charge in [-0.25, -0.2) is 4.98 Å². The van der Waals surface area contributed by atoms with E-state index < -0.39 is 0 Å². The number of rotatable bonds is 5. The van der Waals surface area contributed by atoms with Gasteiger partial charge in [-0.3, -0.25) is 9.89 Å². The Hall–Kier alpha value is -1.96. The van der Waals surface area contributed by atoms with E-state index in [0.29, 0.717) is 23.0 Å². The maximum atomic E-state index is 11.6. The highest BCUT2D eigenvalue weighted by Crippen LogP contribution is 2.10. The van der Waals surface area contributed by atoms with Crippen molar-refractivity contribution in [2.75, 3.05) is 12.3 Å². The molecule has 2 aromatic heterocycles. The highest BCUT2D eigenvalue weighted by Gasteiger charge is 2.05. The van der Waals surface area contributed by atoms with Crippen molar-refractivity contribution in [1.29, 1.82) is 0 Å². The predicted octanol–water partition coefficient (Wildman–Crippen LogP) is 0.425. The quantitative estimate of drug-likeness (QED) is 0.600. The number of aryl methyl sites for hydroxylation is 1. The highest BCUT2D eigenvalue weighted by molar-refractivity contribution is 7.99. The molecule has 0 saturated heterocycles. The third kappa shape index (κ3) is 3.52. The van der Waals surface area contributed by atoms with Crippen LogP contribution in [0, 0.1) is 6.92 Å². The van der Waals surface area contributed by atoms with Gasteiger partial charge in [-0.05, 0) is 13.0 Å². The van der Waals surface area contributed by atoms with Crippen LogP contribution in [0.25, 0.3) is 0 Å². The first-order valence-corrected chi connectivity index (χ1v) is 6.31. The molecule has 2 N–H and O–H groups in total. The van der Waals surface area contributed by atoms with Gasteiger partial charge in [0.1, 0.15) is 5.82 Å². The second-order valence-corrected chi connectivity index (χ2v) is 4.50. The van der Waals surface area contributed by atoms with Crippen molar-refractivity contribution in [1.82, 2.24) is 30.7 Å².